The molecule has 0 saturated heterocycles. The number of nitrogens with zero attached hydrogens (tertiary/aromatic N) is 3. The zero-order valence-electron chi connectivity index (χ0n) is 11.1. The smallest absolute Gasteiger partial charge is 0.147 e. The molecule has 0 aliphatic heterocycles. The predicted molar refractivity (Wildman–Crippen MR) is 78.4 cm³/mol. The Morgan fingerprint density at radius 1 is 1.26 bits per heavy atom. The van der Waals surface area contributed by atoms with Gasteiger partial charge in [-0.3, -0.25) is 4.98 Å². The van der Waals surface area contributed by atoms with Gasteiger partial charge in [-0.15, -0.1) is 0 Å². The summed E-state index contributed by atoms with van der Waals surface area (Å²) in [6, 6.07) is 7.83. The largest absolute Gasteiger partial charge is 0.354 e. The van der Waals surface area contributed by atoms with Gasteiger partial charge in [-0.2, -0.15) is 0 Å². The first-order chi connectivity index (χ1) is 9.19. The first-order valence-electron chi connectivity index (χ1n) is 6.10. The van der Waals surface area contributed by atoms with Crippen molar-refractivity contribution in [2.45, 2.75) is 13.1 Å². The van der Waals surface area contributed by atoms with E-state index in [9.17, 15) is 0 Å². The van der Waals surface area contributed by atoms with Crippen molar-refractivity contribution in [1.29, 1.82) is 0 Å². The lowest BCUT2D eigenvalue weighted by molar-refractivity contribution is 0.779. The summed E-state index contributed by atoms with van der Waals surface area (Å²) >= 11 is 5.98. The van der Waals surface area contributed by atoms with Crippen molar-refractivity contribution < 1.29 is 0 Å². The summed E-state index contributed by atoms with van der Waals surface area (Å²) in [6.07, 6.45) is 3.58. The number of rotatable bonds is 5. The van der Waals surface area contributed by atoms with Gasteiger partial charge < -0.3 is 10.2 Å². The fourth-order valence-electron chi connectivity index (χ4n) is 1.81. The highest BCUT2D eigenvalue weighted by Gasteiger charge is 2.05. The number of hydrogen-bond acceptors (Lipinski definition) is 4. The number of halogens is 1. The van der Waals surface area contributed by atoms with Crippen molar-refractivity contribution in [3.63, 3.8) is 0 Å². The quantitative estimate of drug-likeness (QED) is 0.911. The maximum Gasteiger partial charge on any atom is 0.147 e. The molecule has 5 heteroatoms. The Kier molecular flexibility index (Phi) is 4.71. The summed E-state index contributed by atoms with van der Waals surface area (Å²) in [6.45, 7) is 1.48. The highest BCUT2D eigenvalue weighted by molar-refractivity contribution is 6.30. The van der Waals surface area contributed by atoms with Crippen LogP contribution < -0.4 is 10.2 Å². The topological polar surface area (TPSA) is 41.1 Å². The second kappa shape index (κ2) is 6.50. The third kappa shape index (κ3) is 3.91. The van der Waals surface area contributed by atoms with Crippen LogP contribution in [0.4, 0.5) is 5.82 Å². The molecule has 0 amide bonds. The average Bonchev–Trinajstić information content (AvgIpc) is 2.40. The molecule has 1 heterocycles. The molecule has 19 heavy (non-hydrogen) atoms. The van der Waals surface area contributed by atoms with Gasteiger partial charge in [0.25, 0.3) is 0 Å². The maximum atomic E-state index is 5.98. The summed E-state index contributed by atoms with van der Waals surface area (Å²) < 4.78 is 0. The van der Waals surface area contributed by atoms with Crippen LogP contribution in [-0.2, 0) is 13.1 Å². The van der Waals surface area contributed by atoms with E-state index in [1.165, 1.54) is 0 Å². The van der Waals surface area contributed by atoms with E-state index in [1.807, 2.05) is 43.3 Å². The molecule has 1 aromatic heterocycles. The van der Waals surface area contributed by atoms with Gasteiger partial charge in [0.1, 0.15) is 5.82 Å². The molecular weight excluding hydrogens is 260 g/mol. The molecule has 4 nitrogen and oxygen atoms in total. The van der Waals surface area contributed by atoms with Crippen LogP contribution >= 0.6 is 11.6 Å². The molecule has 0 aliphatic carbocycles. The number of benzene rings is 1. The molecule has 1 aromatic carbocycles. The molecule has 0 aliphatic rings. The Morgan fingerprint density at radius 2 is 2.11 bits per heavy atom. The summed E-state index contributed by atoms with van der Waals surface area (Å²) in [4.78, 5) is 10.8. The van der Waals surface area contributed by atoms with Gasteiger partial charge in [-0.05, 0) is 24.7 Å². The van der Waals surface area contributed by atoms with Gasteiger partial charge in [0.15, 0.2) is 0 Å². The molecule has 0 unspecified atom stereocenters. The molecule has 0 radical (unpaired) electrons. The van der Waals surface area contributed by atoms with Crippen molar-refractivity contribution in [1.82, 2.24) is 15.3 Å². The zero-order valence-corrected chi connectivity index (χ0v) is 11.9. The monoisotopic (exact) mass is 276 g/mol. The molecule has 0 bridgehead atoms. The van der Waals surface area contributed by atoms with E-state index >= 15 is 0 Å². The second-order valence-electron chi connectivity index (χ2n) is 4.38. The van der Waals surface area contributed by atoms with Crippen LogP contribution in [-0.4, -0.2) is 24.1 Å². The van der Waals surface area contributed by atoms with E-state index in [1.54, 1.807) is 12.4 Å². The number of nitrogens with one attached hydrogen (secondary N) is 1. The average molecular weight is 277 g/mol. The molecule has 100 valence electrons. The number of aromatic nitrogens is 2. The fourth-order valence-corrected chi connectivity index (χ4v) is 2.02. The standard InChI is InChI=1S/C14H17ClN4/c1-16-7-13-8-18-14(9-17-13)19(2)10-11-4-3-5-12(15)6-11/h3-6,8-9,16H,7,10H2,1-2H3. The SMILES string of the molecule is CNCc1cnc(N(C)Cc2cccc(Cl)c2)cn1. The van der Waals surface area contributed by atoms with Gasteiger partial charge in [0.2, 0.25) is 0 Å². The maximum absolute atomic E-state index is 5.98. The summed E-state index contributed by atoms with van der Waals surface area (Å²) in [5.41, 5.74) is 2.08. The van der Waals surface area contributed by atoms with Crippen LogP contribution in [0.1, 0.15) is 11.3 Å². The Morgan fingerprint density at radius 3 is 2.74 bits per heavy atom. The van der Waals surface area contributed by atoms with E-state index in [0.717, 1.165) is 35.2 Å². The fraction of sp³-hybridized carbons (Fsp3) is 0.286. The molecular formula is C14H17ClN4. The first-order valence-corrected chi connectivity index (χ1v) is 6.48. The van der Waals surface area contributed by atoms with Crippen LogP contribution in [0.2, 0.25) is 5.02 Å². The minimum Gasteiger partial charge on any atom is -0.354 e. The van der Waals surface area contributed by atoms with E-state index in [4.69, 9.17) is 11.6 Å². The normalized spacial score (nSPS) is 10.5. The third-order valence-corrected chi connectivity index (χ3v) is 2.98. The molecule has 1 N–H and O–H groups in total. The lowest BCUT2D eigenvalue weighted by Crippen LogP contribution is -2.18. The van der Waals surface area contributed by atoms with Crippen molar-refractivity contribution >= 4 is 17.4 Å². The van der Waals surface area contributed by atoms with Crippen molar-refractivity contribution in [2.75, 3.05) is 19.0 Å². The summed E-state index contributed by atoms with van der Waals surface area (Å²) in [5.74, 6) is 0.847. The van der Waals surface area contributed by atoms with Gasteiger partial charge >= 0.3 is 0 Å². The second-order valence-corrected chi connectivity index (χ2v) is 4.82. The van der Waals surface area contributed by atoms with Gasteiger partial charge in [0, 0.05) is 25.2 Å². The Bertz CT molecular complexity index is 527. The number of hydrogen-bond donors (Lipinski definition) is 1. The van der Waals surface area contributed by atoms with Crippen molar-refractivity contribution in [2.24, 2.45) is 0 Å². The Balaban J connectivity index is 2.05. The van der Waals surface area contributed by atoms with Crippen LogP contribution in [0.15, 0.2) is 36.7 Å². The predicted octanol–water partition coefficient (Wildman–Crippen LogP) is 2.49. The molecule has 0 saturated carbocycles. The van der Waals surface area contributed by atoms with E-state index in [-0.39, 0.29) is 0 Å². The highest BCUT2D eigenvalue weighted by Crippen LogP contribution is 2.15. The van der Waals surface area contributed by atoms with E-state index in [2.05, 4.69) is 15.3 Å². The van der Waals surface area contributed by atoms with Crippen LogP contribution in [0.5, 0.6) is 0 Å². The van der Waals surface area contributed by atoms with E-state index < -0.39 is 0 Å². The highest BCUT2D eigenvalue weighted by atomic mass is 35.5. The van der Waals surface area contributed by atoms with Crippen LogP contribution in [0.3, 0.4) is 0 Å². The van der Waals surface area contributed by atoms with Gasteiger partial charge in [-0.25, -0.2) is 4.98 Å². The van der Waals surface area contributed by atoms with Gasteiger partial charge in [0.05, 0.1) is 18.1 Å². The van der Waals surface area contributed by atoms with Crippen molar-refractivity contribution in [3.8, 4) is 0 Å². The first kappa shape index (κ1) is 13.8. The van der Waals surface area contributed by atoms with Crippen LogP contribution in [0.25, 0.3) is 0 Å². The van der Waals surface area contributed by atoms with Crippen molar-refractivity contribution in [3.05, 3.63) is 52.9 Å². The minimum atomic E-state index is 0.727. The molecule has 0 fully saturated rings. The Hall–Kier alpha value is -1.65. The summed E-state index contributed by atoms with van der Waals surface area (Å²) in [5, 5.41) is 3.80. The van der Waals surface area contributed by atoms with E-state index in [0.29, 0.717) is 0 Å². The molecule has 0 spiro atoms. The summed E-state index contributed by atoms with van der Waals surface area (Å²) in [7, 11) is 3.88. The number of anilines is 1. The lowest BCUT2D eigenvalue weighted by atomic mass is 10.2. The van der Waals surface area contributed by atoms with Crippen LogP contribution in [0, 0.1) is 0 Å². The van der Waals surface area contributed by atoms with Gasteiger partial charge in [-0.1, -0.05) is 23.7 Å². The minimum absolute atomic E-state index is 0.727. The Labute approximate surface area is 118 Å². The third-order valence-electron chi connectivity index (χ3n) is 2.75. The molecule has 0 atom stereocenters. The molecule has 2 rings (SSSR count). The zero-order chi connectivity index (χ0) is 13.7. The lowest BCUT2D eigenvalue weighted by Gasteiger charge is -2.18. The molecule has 2 aromatic rings.